The fourth-order valence-corrected chi connectivity index (χ4v) is 2.08. The zero-order valence-corrected chi connectivity index (χ0v) is 10.4. The summed E-state index contributed by atoms with van der Waals surface area (Å²) in [6, 6.07) is 3.80. The Hall–Kier alpha value is -1.16. The Labute approximate surface area is 100 Å². The number of hydrogen-bond donors (Lipinski definition) is 1. The second-order valence-electron chi connectivity index (χ2n) is 3.73. The van der Waals surface area contributed by atoms with Crippen LogP contribution in [-0.2, 0) is 0 Å². The number of ketones is 1. The number of hydrogen-bond acceptors (Lipinski definition) is 3. The molecule has 1 heterocycles. The molecule has 0 bridgehead atoms. The van der Waals surface area contributed by atoms with Gasteiger partial charge in [0.05, 0.1) is 10.7 Å². The minimum absolute atomic E-state index is 0.258. The zero-order valence-electron chi connectivity index (χ0n) is 9.61. The number of aliphatic imine (C=N–C) groups is 1. The van der Waals surface area contributed by atoms with Gasteiger partial charge in [-0.25, -0.2) is 0 Å². The number of rotatable bonds is 7. The van der Waals surface area contributed by atoms with Crippen LogP contribution in [0.1, 0.15) is 42.3 Å². The van der Waals surface area contributed by atoms with E-state index in [2.05, 4.69) is 4.99 Å². The average molecular weight is 238 g/mol. The molecular weight excluding hydrogens is 220 g/mol. The first kappa shape index (κ1) is 12.9. The lowest BCUT2D eigenvalue weighted by Gasteiger charge is -1.98. The summed E-state index contributed by atoms with van der Waals surface area (Å²) in [7, 11) is 0. The second kappa shape index (κ2) is 7.17. The Morgan fingerprint density at radius 2 is 2.25 bits per heavy atom. The summed E-state index contributed by atoms with van der Waals surface area (Å²) in [6.45, 7) is 2.57. The number of nitrogens with zero attached hydrogens (tertiary/aromatic N) is 1. The van der Waals surface area contributed by atoms with Gasteiger partial charge in [0.15, 0.2) is 5.78 Å². The van der Waals surface area contributed by atoms with E-state index in [-0.39, 0.29) is 5.78 Å². The number of carbonyl (C=O) groups is 1. The fourth-order valence-electron chi connectivity index (χ4n) is 1.39. The molecule has 16 heavy (non-hydrogen) atoms. The molecule has 0 saturated heterocycles. The largest absolute Gasteiger partial charge is 0.388 e. The maximum absolute atomic E-state index is 11.6. The van der Waals surface area contributed by atoms with Gasteiger partial charge in [-0.1, -0.05) is 12.5 Å². The molecule has 0 aromatic carbocycles. The Bertz CT molecular complexity index is 340. The Balaban J connectivity index is 2.08. The van der Waals surface area contributed by atoms with Crippen LogP contribution in [0.15, 0.2) is 22.5 Å². The van der Waals surface area contributed by atoms with Crippen molar-refractivity contribution in [1.29, 1.82) is 0 Å². The van der Waals surface area contributed by atoms with Crippen molar-refractivity contribution in [2.45, 2.75) is 32.6 Å². The van der Waals surface area contributed by atoms with Crippen molar-refractivity contribution >= 4 is 23.0 Å². The Morgan fingerprint density at radius 1 is 1.44 bits per heavy atom. The number of amidine groups is 1. The smallest absolute Gasteiger partial charge is 0.172 e. The summed E-state index contributed by atoms with van der Waals surface area (Å²) >= 11 is 1.52. The number of carbonyl (C=O) groups excluding carboxylic acids is 1. The van der Waals surface area contributed by atoms with Gasteiger partial charge in [-0.15, -0.1) is 11.3 Å². The summed E-state index contributed by atoms with van der Waals surface area (Å²) in [5, 5.41) is 1.94. The molecule has 0 unspecified atom stereocenters. The Morgan fingerprint density at radius 3 is 2.88 bits per heavy atom. The third-order valence-electron chi connectivity index (χ3n) is 2.22. The number of thiophene rings is 1. The SMILES string of the molecule is CC(N)=NCCCCCC(=O)c1cccs1. The van der Waals surface area contributed by atoms with Gasteiger partial charge >= 0.3 is 0 Å². The van der Waals surface area contributed by atoms with Crippen LogP contribution in [0.4, 0.5) is 0 Å². The lowest BCUT2D eigenvalue weighted by molar-refractivity contribution is 0.0983. The molecule has 4 heteroatoms. The topological polar surface area (TPSA) is 55.4 Å². The van der Waals surface area contributed by atoms with Gasteiger partial charge in [0.1, 0.15) is 0 Å². The van der Waals surface area contributed by atoms with Crippen molar-refractivity contribution in [2.24, 2.45) is 10.7 Å². The lowest BCUT2D eigenvalue weighted by Crippen LogP contribution is -2.05. The van der Waals surface area contributed by atoms with Crippen molar-refractivity contribution in [3.05, 3.63) is 22.4 Å². The average Bonchev–Trinajstić information content (AvgIpc) is 2.75. The molecule has 0 fully saturated rings. The van der Waals surface area contributed by atoms with Crippen LogP contribution >= 0.6 is 11.3 Å². The molecule has 2 N–H and O–H groups in total. The van der Waals surface area contributed by atoms with Gasteiger partial charge in [-0.05, 0) is 31.2 Å². The van der Waals surface area contributed by atoms with Crippen LogP contribution in [0.25, 0.3) is 0 Å². The lowest BCUT2D eigenvalue weighted by atomic mass is 10.1. The molecular formula is C12H18N2OS. The third-order valence-corrected chi connectivity index (χ3v) is 3.13. The minimum atomic E-state index is 0.258. The molecule has 0 radical (unpaired) electrons. The fraction of sp³-hybridized carbons (Fsp3) is 0.500. The van der Waals surface area contributed by atoms with E-state index >= 15 is 0 Å². The number of Topliss-reactive ketones (excluding diaryl/α,β-unsaturated/α-hetero) is 1. The quantitative estimate of drug-likeness (QED) is 0.344. The first-order valence-corrected chi connectivity index (χ1v) is 6.41. The maximum Gasteiger partial charge on any atom is 0.172 e. The van der Waals surface area contributed by atoms with Crippen LogP contribution in [-0.4, -0.2) is 18.2 Å². The zero-order chi connectivity index (χ0) is 11.8. The van der Waals surface area contributed by atoms with Gasteiger partial charge in [0.25, 0.3) is 0 Å². The van der Waals surface area contributed by atoms with E-state index in [9.17, 15) is 4.79 Å². The predicted octanol–water partition coefficient (Wildman–Crippen LogP) is 2.87. The molecule has 0 spiro atoms. The van der Waals surface area contributed by atoms with E-state index in [1.165, 1.54) is 11.3 Å². The first-order valence-electron chi connectivity index (χ1n) is 5.53. The molecule has 0 amide bonds. The van der Waals surface area contributed by atoms with E-state index in [0.717, 1.165) is 30.7 Å². The van der Waals surface area contributed by atoms with E-state index in [1.54, 1.807) is 6.92 Å². The summed E-state index contributed by atoms with van der Waals surface area (Å²) in [4.78, 5) is 16.6. The summed E-state index contributed by atoms with van der Waals surface area (Å²) in [5.41, 5.74) is 5.42. The van der Waals surface area contributed by atoms with Crippen molar-refractivity contribution in [1.82, 2.24) is 0 Å². The molecule has 3 nitrogen and oxygen atoms in total. The van der Waals surface area contributed by atoms with E-state index in [1.807, 2.05) is 17.5 Å². The molecule has 0 aliphatic rings. The molecule has 0 aliphatic heterocycles. The standard InChI is InChI=1S/C12H18N2OS/c1-10(13)14-8-4-2-3-6-11(15)12-7-5-9-16-12/h5,7,9H,2-4,6,8H2,1H3,(H2,13,14). The van der Waals surface area contributed by atoms with Crippen LogP contribution in [0.5, 0.6) is 0 Å². The van der Waals surface area contributed by atoms with E-state index in [0.29, 0.717) is 12.3 Å². The highest BCUT2D eigenvalue weighted by molar-refractivity contribution is 7.12. The van der Waals surface area contributed by atoms with Crippen LogP contribution < -0.4 is 5.73 Å². The summed E-state index contributed by atoms with van der Waals surface area (Å²) in [5.74, 6) is 0.892. The third kappa shape index (κ3) is 5.07. The summed E-state index contributed by atoms with van der Waals surface area (Å²) < 4.78 is 0. The predicted molar refractivity (Wildman–Crippen MR) is 69.3 cm³/mol. The minimum Gasteiger partial charge on any atom is -0.388 e. The van der Waals surface area contributed by atoms with Gasteiger partial charge in [0, 0.05) is 13.0 Å². The molecule has 0 saturated carbocycles. The summed E-state index contributed by atoms with van der Waals surface area (Å²) in [6.07, 6.45) is 3.63. The molecule has 0 atom stereocenters. The Kier molecular flexibility index (Phi) is 5.78. The maximum atomic E-state index is 11.6. The van der Waals surface area contributed by atoms with Gasteiger partial charge < -0.3 is 5.73 Å². The van der Waals surface area contributed by atoms with Crippen molar-refractivity contribution < 1.29 is 4.79 Å². The van der Waals surface area contributed by atoms with Crippen molar-refractivity contribution in [3.63, 3.8) is 0 Å². The van der Waals surface area contributed by atoms with Gasteiger partial charge in [-0.2, -0.15) is 0 Å². The van der Waals surface area contributed by atoms with E-state index < -0.39 is 0 Å². The second-order valence-corrected chi connectivity index (χ2v) is 4.68. The van der Waals surface area contributed by atoms with Crippen LogP contribution in [0, 0.1) is 0 Å². The highest BCUT2D eigenvalue weighted by Gasteiger charge is 2.05. The number of nitrogens with two attached hydrogens (primary N) is 1. The highest BCUT2D eigenvalue weighted by Crippen LogP contribution is 2.13. The first-order chi connectivity index (χ1) is 7.70. The molecule has 1 aromatic heterocycles. The van der Waals surface area contributed by atoms with Crippen molar-refractivity contribution in [2.75, 3.05) is 6.54 Å². The van der Waals surface area contributed by atoms with Crippen molar-refractivity contribution in [3.8, 4) is 0 Å². The van der Waals surface area contributed by atoms with Gasteiger partial charge in [0.2, 0.25) is 0 Å². The van der Waals surface area contributed by atoms with Crippen LogP contribution in [0.2, 0.25) is 0 Å². The van der Waals surface area contributed by atoms with E-state index in [4.69, 9.17) is 5.73 Å². The molecule has 0 aliphatic carbocycles. The highest BCUT2D eigenvalue weighted by atomic mass is 32.1. The normalized spacial score (nSPS) is 11.7. The monoisotopic (exact) mass is 238 g/mol. The molecule has 1 rings (SSSR count). The molecule has 88 valence electrons. The van der Waals surface area contributed by atoms with Crippen LogP contribution in [0.3, 0.4) is 0 Å². The number of unbranched alkanes of at least 4 members (excludes halogenated alkanes) is 2. The van der Waals surface area contributed by atoms with Gasteiger partial charge in [-0.3, -0.25) is 9.79 Å². The molecule has 1 aromatic rings.